The number of carbonyl (C=O) groups is 1. The van der Waals surface area contributed by atoms with E-state index >= 15 is 0 Å². The molecule has 1 aromatic carbocycles. The number of hydrogen-bond acceptors (Lipinski definition) is 5. The minimum absolute atomic E-state index is 0.00487. The summed E-state index contributed by atoms with van der Waals surface area (Å²) in [5.41, 5.74) is -0.00487. The largest absolute Gasteiger partial charge is 0.381 e. The van der Waals surface area contributed by atoms with Crippen molar-refractivity contribution in [2.75, 3.05) is 13.2 Å². The molecule has 1 aliphatic heterocycles. The second-order valence-corrected chi connectivity index (χ2v) is 5.65. The van der Waals surface area contributed by atoms with E-state index in [1.165, 1.54) is 6.08 Å². The average Bonchev–Trinajstić information content (AvgIpc) is 3.10. The highest BCUT2D eigenvalue weighted by Crippen LogP contribution is 2.24. The van der Waals surface area contributed by atoms with Gasteiger partial charge in [0.2, 0.25) is 11.8 Å². The summed E-state index contributed by atoms with van der Waals surface area (Å²) in [6.07, 6.45) is 4.00. The summed E-state index contributed by atoms with van der Waals surface area (Å²) in [4.78, 5) is 16.0. The Kier molecular flexibility index (Phi) is 5.49. The van der Waals surface area contributed by atoms with Crippen LogP contribution in [0.15, 0.2) is 28.8 Å². The van der Waals surface area contributed by atoms with Crippen LogP contribution in [-0.4, -0.2) is 29.3 Å². The predicted octanol–water partition coefficient (Wildman–Crippen LogP) is 2.57. The molecule has 1 fully saturated rings. The molecule has 1 aromatic heterocycles. The summed E-state index contributed by atoms with van der Waals surface area (Å²) < 4.78 is 36.9. The lowest BCUT2D eigenvalue weighted by Crippen LogP contribution is -2.20. The zero-order chi connectivity index (χ0) is 17.6. The number of aromatic nitrogens is 2. The molecule has 8 heteroatoms. The summed E-state index contributed by atoms with van der Waals surface area (Å²) in [7, 11) is 0. The van der Waals surface area contributed by atoms with Crippen LogP contribution in [0.3, 0.4) is 0 Å². The topological polar surface area (TPSA) is 77.2 Å². The van der Waals surface area contributed by atoms with Gasteiger partial charge in [0.15, 0.2) is 5.82 Å². The highest BCUT2D eigenvalue weighted by molar-refractivity contribution is 5.91. The molecule has 0 bridgehead atoms. The number of rotatable bonds is 5. The number of benzene rings is 1. The fourth-order valence-electron chi connectivity index (χ4n) is 2.49. The van der Waals surface area contributed by atoms with Gasteiger partial charge in [-0.15, -0.1) is 0 Å². The van der Waals surface area contributed by atoms with Crippen LogP contribution in [0.25, 0.3) is 6.08 Å². The molecular weight excluding hydrogens is 332 g/mol. The van der Waals surface area contributed by atoms with Crippen LogP contribution in [0.4, 0.5) is 8.78 Å². The highest BCUT2D eigenvalue weighted by atomic mass is 19.1. The van der Waals surface area contributed by atoms with Crippen molar-refractivity contribution in [3.05, 3.63) is 53.2 Å². The van der Waals surface area contributed by atoms with E-state index in [9.17, 15) is 13.6 Å². The number of amides is 1. The normalized spacial score (nSPS) is 15.6. The van der Waals surface area contributed by atoms with Gasteiger partial charge in [-0.25, -0.2) is 8.78 Å². The Labute approximate surface area is 142 Å². The van der Waals surface area contributed by atoms with Crippen LogP contribution in [0.2, 0.25) is 0 Å². The number of nitrogens with zero attached hydrogens (tertiary/aromatic N) is 2. The maximum absolute atomic E-state index is 13.5. The Bertz CT molecular complexity index is 770. The van der Waals surface area contributed by atoms with E-state index in [0.29, 0.717) is 24.9 Å². The lowest BCUT2D eigenvalue weighted by molar-refractivity contribution is -0.116. The van der Waals surface area contributed by atoms with Crippen molar-refractivity contribution in [3.8, 4) is 0 Å². The highest BCUT2D eigenvalue weighted by Gasteiger charge is 2.21. The summed E-state index contributed by atoms with van der Waals surface area (Å²) in [6.45, 7) is 1.41. The van der Waals surface area contributed by atoms with Gasteiger partial charge in [0, 0.05) is 30.8 Å². The molecular formula is C17H17F2N3O3. The van der Waals surface area contributed by atoms with Crippen LogP contribution in [0.5, 0.6) is 0 Å². The molecule has 1 amide bonds. The Hall–Kier alpha value is -2.61. The third-order valence-electron chi connectivity index (χ3n) is 3.86. The van der Waals surface area contributed by atoms with Crippen molar-refractivity contribution in [1.82, 2.24) is 15.5 Å². The molecule has 0 aliphatic carbocycles. The summed E-state index contributed by atoms with van der Waals surface area (Å²) in [6, 6.07) is 3.03. The molecule has 0 unspecified atom stereocenters. The monoisotopic (exact) mass is 349 g/mol. The van der Waals surface area contributed by atoms with Crippen molar-refractivity contribution in [2.24, 2.45) is 0 Å². The maximum Gasteiger partial charge on any atom is 0.246 e. The number of nitrogens with one attached hydrogen (secondary N) is 1. The zero-order valence-corrected chi connectivity index (χ0v) is 13.4. The molecule has 2 aromatic rings. The first kappa shape index (κ1) is 17.2. The summed E-state index contributed by atoms with van der Waals surface area (Å²) in [5.74, 6) is -0.547. The first-order valence-corrected chi connectivity index (χ1v) is 7.93. The molecule has 25 heavy (non-hydrogen) atoms. The average molecular weight is 349 g/mol. The van der Waals surface area contributed by atoms with Gasteiger partial charge in [-0.3, -0.25) is 4.79 Å². The van der Waals surface area contributed by atoms with Crippen LogP contribution < -0.4 is 5.32 Å². The lowest BCUT2D eigenvalue weighted by Gasteiger charge is -2.18. The van der Waals surface area contributed by atoms with Crippen molar-refractivity contribution in [2.45, 2.75) is 25.3 Å². The van der Waals surface area contributed by atoms with Crippen LogP contribution >= 0.6 is 0 Å². The molecule has 0 radical (unpaired) electrons. The van der Waals surface area contributed by atoms with Crippen LogP contribution in [0, 0.1) is 11.6 Å². The van der Waals surface area contributed by atoms with Gasteiger partial charge < -0.3 is 14.6 Å². The van der Waals surface area contributed by atoms with Gasteiger partial charge in [0.05, 0.1) is 6.54 Å². The first-order chi connectivity index (χ1) is 12.1. The fraction of sp³-hybridized carbons (Fsp3) is 0.353. The molecule has 0 saturated carbocycles. The Balaban J connectivity index is 1.53. The second kappa shape index (κ2) is 7.98. The molecule has 6 nitrogen and oxygen atoms in total. The first-order valence-electron chi connectivity index (χ1n) is 7.93. The van der Waals surface area contributed by atoms with E-state index in [2.05, 4.69) is 15.5 Å². The van der Waals surface area contributed by atoms with E-state index in [0.717, 1.165) is 37.1 Å². The van der Waals surface area contributed by atoms with Gasteiger partial charge in [0.1, 0.15) is 11.6 Å². The molecule has 0 atom stereocenters. The summed E-state index contributed by atoms with van der Waals surface area (Å²) in [5, 5.41) is 6.49. The van der Waals surface area contributed by atoms with E-state index < -0.39 is 17.5 Å². The molecule has 3 rings (SSSR count). The maximum atomic E-state index is 13.5. The van der Waals surface area contributed by atoms with E-state index in [4.69, 9.17) is 9.26 Å². The number of ether oxygens (including phenoxy) is 1. The van der Waals surface area contributed by atoms with Gasteiger partial charge in [-0.05, 0) is 37.1 Å². The third kappa shape index (κ3) is 4.69. The van der Waals surface area contributed by atoms with Crippen LogP contribution in [0.1, 0.15) is 36.0 Å². The molecule has 1 N–H and O–H groups in total. The third-order valence-corrected chi connectivity index (χ3v) is 3.86. The standard InChI is InChI=1S/C17H17F2N3O3/c18-13-2-3-14(19)12(9-13)1-4-15(23)20-10-16-21-17(22-25-16)11-5-7-24-8-6-11/h1-4,9,11H,5-8,10H2,(H,20,23). The Morgan fingerprint density at radius 1 is 1.32 bits per heavy atom. The minimum atomic E-state index is -0.608. The van der Waals surface area contributed by atoms with Crippen molar-refractivity contribution < 1.29 is 22.8 Å². The van der Waals surface area contributed by atoms with Gasteiger partial charge in [0.25, 0.3) is 0 Å². The lowest BCUT2D eigenvalue weighted by atomic mass is 10.00. The van der Waals surface area contributed by atoms with Crippen molar-refractivity contribution >= 4 is 12.0 Å². The second-order valence-electron chi connectivity index (χ2n) is 5.65. The molecule has 132 valence electrons. The minimum Gasteiger partial charge on any atom is -0.381 e. The Morgan fingerprint density at radius 2 is 2.12 bits per heavy atom. The van der Waals surface area contributed by atoms with Gasteiger partial charge in [-0.1, -0.05) is 5.16 Å². The van der Waals surface area contributed by atoms with Gasteiger partial charge in [-0.2, -0.15) is 4.98 Å². The quantitative estimate of drug-likeness (QED) is 0.840. The molecule has 1 aliphatic rings. The van der Waals surface area contributed by atoms with Gasteiger partial charge >= 0.3 is 0 Å². The van der Waals surface area contributed by atoms with E-state index in [1.54, 1.807) is 0 Å². The van der Waals surface area contributed by atoms with Crippen molar-refractivity contribution in [3.63, 3.8) is 0 Å². The zero-order valence-electron chi connectivity index (χ0n) is 13.4. The predicted molar refractivity (Wildman–Crippen MR) is 84.3 cm³/mol. The molecule has 1 saturated heterocycles. The SMILES string of the molecule is O=C(C=Cc1cc(F)ccc1F)NCc1nc(C2CCOCC2)no1. The molecule has 0 spiro atoms. The molecule has 2 heterocycles. The fourth-order valence-corrected chi connectivity index (χ4v) is 2.49. The number of halogens is 2. The van der Waals surface area contributed by atoms with E-state index in [1.807, 2.05) is 0 Å². The van der Waals surface area contributed by atoms with Crippen LogP contribution in [-0.2, 0) is 16.1 Å². The van der Waals surface area contributed by atoms with Crippen molar-refractivity contribution in [1.29, 1.82) is 0 Å². The number of carbonyl (C=O) groups excluding carboxylic acids is 1. The van der Waals surface area contributed by atoms with E-state index in [-0.39, 0.29) is 18.0 Å². The summed E-state index contributed by atoms with van der Waals surface area (Å²) >= 11 is 0. The number of hydrogen-bond donors (Lipinski definition) is 1. The smallest absolute Gasteiger partial charge is 0.246 e. The Morgan fingerprint density at radius 3 is 2.92 bits per heavy atom.